The van der Waals surface area contributed by atoms with Gasteiger partial charge in [0.25, 0.3) is 0 Å². The zero-order chi connectivity index (χ0) is 8.81. The summed E-state index contributed by atoms with van der Waals surface area (Å²) < 4.78 is 0. The van der Waals surface area contributed by atoms with Gasteiger partial charge in [0.15, 0.2) is 0 Å². The van der Waals surface area contributed by atoms with E-state index in [4.69, 9.17) is 4.84 Å². The van der Waals surface area contributed by atoms with Crippen LogP contribution in [0.25, 0.3) is 0 Å². The van der Waals surface area contributed by atoms with Crippen molar-refractivity contribution in [1.82, 2.24) is 5.32 Å². The van der Waals surface area contributed by atoms with Gasteiger partial charge in [0.1, 0.15) is 6.61 Å². The third-order valence-electron chi connectivity index (χ3n) is 1.80. The number of nitrogens with one attached hydrogen (secondary N) is 1. The Bertz CT molecular complexity index is 189. The van der Waals surface area contributed by atoms with E-state index in [0.717, 1.165) is 18.8 Å². The summed E-state index contributed by atoms with van der Waals surface area (Å²) in [5, 5.41) is 7.03. The maximum absolute atomic E-state index is 4.96. The molecular formula is C8H15N3O. The number of hydrogen-bond acceptors (Lipinski definition) is 4. The van der Waals surface area contributed by atoms with Crippen molar-refractivity contribution in [2.24, 2.45) is 16.1 Å². The summed E-state index contributed by atoms with van der Waals surface area (Å²) in [4.78, 5) is 9.07. The maximum Gasteiger partial charge on any atom is 0.114 e. The van der Waals surface area contributed by atoms with Crippen LogP contribution in [0, 0.1) is 5.92 Å². The molecule has 4 heteroatoms. The van der Waals surface area contributed by atoms with Crippen LogP contribution in [0.5, 0.6) is 0 Å². The number of hydrogen-bond donors (Lipinski definition) is 1. The molecule has 0 aromatic carbocycles. The lowest BCUT2D eigenvalue weighted by atomic mass is 10.0. The summed E-state index contributed by atoms with van der Waals surface area (Å²) in [5.41, 5.74) is 1.02. The second-order valence-corrected chi connectivity index (χ2v) is 2.75. The average Bonchev–Trinajstić information content (AvgIpc) is 2.15. The Morgan fingerprint density at radius 1 is 1.83 bits per heavy atom. The fourth-order valence-electron chi connectivity index (χ4n) is 1.02. The molecule has 12 heavy (non-hydrogen) atoms. The molecule has 0 saturated heterocycles. The minimum absolute atomic E-state index is 0.390. The van der Waals surface area contributed by atoms with Crippen LogP contribution < -0.4 is 5.32 Å². The van der Waals surface area contributed by atoms with E-state index in [1.165, 1.54) is 0 Å². The highest BCUT2D eigenvalue weighted by Gasteiger charge is 2.13. The van der Waals surface area contributed by atoms with Crippen LogP contribution in [0.15, 0.2) is 10.1 Å². The van der Waals surface area contributed by atoms with Gasteiger partial charge in [-0.05, 0) is 13.8 Å². The Kier molecular flexibility index (Phi) is 3.57. The molecule has 1 unspecified atom stereocenters. The van der Waals surface area contributed by atoms with Gasteiger partial charge in [-0.3, -0.25) is 4.99 Å². The summed E-state index contributed by atoms with van der Waals surface area (Å²) in [6.07, 6.45) is 1.74. The van der Waals surface area contributed by atoms with Crippen LogP contribution in [0.2, 0.25) is 0 Å². The standard InChI is InChI=1S/C8H15N3O/c1-3-12-11-7(2)8-4-9-6-10-5-8/h6,8H,3-5H2,1-2H3,(H,9,10). The van der Waals surface area contributed by atoms with Crippen molar-refractivity contribution < 1.29 is 4.84 Å². The number of nitrogens with zero attached hydrogens (tertiary/aromatic N) is 2. The fraction of sp³-hybridized carbons (Fsp3) is 0.750. The molecule has 0 spiro atoms. The molecule has 0 aromatic rings. The summed E-state index contributed by atoms with van der Waals surface area (Å²) in [7, 11) is 0. The Morgan fingerprint density at radius 3 is 3.25 bits per heavy atom. The van der Waals surface area contributed by atoms with E-state index in [0.29, 0.717) is 12.5 Å². The first-order chi connectivity index (χ1) is 5.84. The summed E-state index contributed by atoms with van der Waals surface area (Å²) in [6.45, 7) is 6.25. The van der Waals surface area contributed by atoms with E-state index in [1.54, 1.807) is 6.34 Å². The number of oxime groups is 1. The highest BCUT2D eigenvalue weighted by atomic mass is 16.6. The minimum atomic E-state index is 0.390. The maximum atomic E-state index is 4.96. The highest BCUT2D eigenvalue weighted by molar-refractivity contribution is 5.85. The van der Waals surface area contributed by atoms with E-state index in [1.807, 2.05) is 13.8 Å². The smallest absolute Gasteiger partial charge is 0.114 e. The van der Waals surface area contributed by atoms with Gasteiger partial charge in [0.05, 0.1) is 18.6 Å². The normalized spacial score (nSPS) is 23.5. The van der Waals surface area contributed by atoms with E-state index in [9.17, 15) is 0 Å². The van der Waals surface area contributed by atoms with Gasteiger partial charge in [-0.1, -0.05) is 5.16 Å². The molecule has 0 bridgehead atoms. The van der Waals surface area contributed by atoms with Crippen molar-refractivity contribution >= 4 is 12.1 Å². The van der Waals surface area contributed by atoms with Crippen LogP contribution in [0.4, 0.5) is 0 Å². The first kappa shape index (κ1) is 9.03. The molecule has 68 valence electrons. The van der Waals surface area contributed by atoms with Gasteiger partial charge >= 0.3 is 0 Å². The molecule has 1 aliphatic rings. The summed E-state index contributed by atoms with van der Waals surface area (Å²) in [5.74, 6) is 0.390. The van der Waals surface area contributed by atoms with Crippen molar-refractivity contribution in [3.8, 4) is 0 Å². The number of rotatable bonds is 3. The molecule has 1 N–H and O–H groups in total. The molecule has 0 fully saturated rings. The molecule has 1 rings (SSSR count). The first-order valence-corrected chi connectivity index (χ1v) is 4.22. The molecule has 1 aliphatic heterocycles. The fourth-order valence-corrected chi connectivity index (χ4v) is 1.02. The van der Waals surface area contributed by atoms with Gasteiger partial charge in [-0.15, -0.1) is 0 Å². The van der Waals surface area contributed by atoms with Crippen molar-refractivity contribution in [1.29, 1.82) is 0 Å². The topological polar surface area (TPSA) is 46.0 Å². The van der Waals surface area contributed by atoms with E-state index < -0.39 is 0 Å². The Hall–Kier alpha value is -1.06. The van der Waals surface area contributed by atoms with Crippen molar-refractivity contribution in [3.05, 3.63) is 0 Å². The molecule has 0 saturated carbocycles. The van der Waals surface area contributed by atoms with E-state index >= 15 is 0 Å². The summed E-state index contributed by atoms with van der Waals surface area (Å²) in [6, 6.07) is 0. The van der Waals surface area contributed by atoms with Crippen molar-refractivity contribution in [2.75, 3.05) is 19.7 Å². The van der Waals surface area contributed by atoms with Gasteiger partial charge in [-0.2, -0.15) is 0 Å². The van der Waals surface area contributed by atoms with Gasteiger partial charge < -0.3 is 10.2 Å². The highest BCUT2D eigenvalue weighted by Crippen LogP contribution is 2.02. The van der Waals surface area contributed by atoms with Crippen LogP contribution in [0.1, 0.15) is 13.8 Å². The predicted molar refractivity (Wildman–Crippen MR) is 49.6 cm³/mol. The van der Waals surface area contributed by atoms with Crippen LogP contribution >= 0.6 is 0 Å². The molecule has 0 aromatic heterocycles. The number of aliphatic imine (C=N–C) groups is 1. The van der Waals surface area contributed by atoms with Crippen molar-refractivity contribution in [3.63, 3.8) is 0 Å². The zero-order valence-corrected chi connectivity index (χ0v) is 7.58. The molecule has 1 heterocycles. The third-order valence-corrected chi connectivity index (χ3v) is 1.80. The largest absolute Gasteiger partial charge is 0.396 e. The van der Waals surface area contributed by atoms with E-state index in [-0.39, 0.29) is 0 Å². The lowest BCUT2D eigenvalue weighted by Gasteiger charge is -2.17. The van der Waals surface area contributed by atoms with Gasteiger partial charge in [-0.25, -0.2) is 0 Å². The minimum Gasteiger partial charge on any atom is -0.396 e. The van der Waals surface area contributed by atoms with Crippen LogP contribution in [0.3, 0.4) is 0 Å². The molecular weight excluding hydrogens is 154 g/mol. The second kappa shape index (κ2) is 4.74. The first-order valence-electron chi connectivity index (χ1n) is 4.22. The monoisotopic (exact) mass is 169 g/mol. The van der Waals surface area contributed by atoms with Crippen LogP contribution in [-0.2, 0) is 4.84 Å². The molecule has 0 amide bonds. The predicted octanol–water partition coefficient (Wildman–Crippen LogP) is 0.647. The molecule has 0 aliphatic carbocycles. The molecule has 4 nitrogen and oxygen atoms in total. The Labute approximate surface area is 72.7 Å². The lowest BCUT2D eigenvalue weighted by Crippen LogP contribution is -2.32. The Balaban J connectivity index is 2.40. The summed E-state index contributed by atoms with van der Waals surface area (Å²) >= 11 is 0. The Morgan fingerprint density at radius 2 is 2.67 bits per heavy atom. The quantitative estimate of drug-likeness (QED) is 0.498. The van der Waals surface area contributed by atoms with E-state index in [2.05, 4.69) is 15.5 Å². The van der Waals surface area contributed by atoms with Gasteiger partial charge in [0, 0.05) is 12.5 Å². The second-order valence-electron chi connectivity index (χ2n) is 2.75. The SMILES string of the molecule is CCON=C(C)C1CN=CNC1. The molecule has 1 atom stereocenters. The average molecular weight is 169 g/mol. The zero-order valence-electron chi connectivity index (χ0n) is 7.58. The molecule has 0 radical (unpaired) electrons. The van der Waals surface area contributed by atoms with Crippen molar-refractivity contribution in [2.45, 2.75) is 13.8 Å². The lowest BCUT2D eigenvalue weighted by molar-refractivity contribution is 0.157. The van der Waals surface area contributed by atoms with Gasteiger partial charge in [0.2, 0.25) is 0 Å². The van der Waals surface area contributed by atoms with Crippen LogP contribution in [-0.4, -0.2) is 31.7 Å². The third kappa shape index (κ3) is 2.53.